The smallest absolute Gasteiger partial charge is 0.338 e. The van der Waals surface area contributed by atoms with Gasteiger partial charge in [0.2, 0.25) is 0 Å². The molecule has 1 unspecified atom stereocenters. The number of hydrogen-bond donors (Lipinski definition) is 0. The molecule has 0 N–H and O–H groups in total. The van der Waals surface area contributed by atoms with E-state index >= 15 is 0 Å². The van der Waals surface area contributed by atoms with Crippen LogP contribution in [0.3, 0.4) is 0 Å². The van der Waals surface area contributed by atoms with Crippen LogP contribution in [-0.4, -0.2) is 22.1 Å². The summed E-state index contributed by atoms with van der Waals surface area (Å²) in [6, 6.07) is 12.6. The van der Waals surface area contributed by atoms with Crippen molar-refractivity contribution < 1.29 is 18.9 Å². The fraction of sp³-hybridized carbons (Fsp3) is 0.160. The van der Waals surface area contributed by atoms with Crippen LogP contribution < -0.4 is 14.9 Å². The average Bonchev–Trinajstić information content (AvgIpc) is 3.60. The minimum atomic E-state index is -0.651. The Morgan fingerprint density at radius 2 is 2.06 bits per heavy atom. The van der Waals surface area contributed by atoms with E-state index in [4.69, 9.17) is 9.15 Å². The van der Waals surface area contributed by atoms with Crippen molar-refractivity contribution in [2.45, 2.75) is 19.9 Å². The van der Waals surface area contributed by atoms with Crippen LogP contribution in [0, 0.1) is 10.1 Å². The molecule has 1 aliphatic heterocycles. The molecule has 0 spiro atoms. The number of furan rings is 1. The summed E-state index contributed by atoms with van der Waals surface area (Å²) in [5.41, 5.74) is 0.771. The van der Waals surface area contributed by atoms with Gasteiger partial charge in [-0.2, -0.15) is 0 Å². The number of aromatic nitrogens is 1. The number of allylic oxidation sites excluding steroid dienone is 1. The normalized spacial score (nSPS) is 15.5. The van der Waals surface area contributed by atoms with Crippen LogP contribution >= 0.6 is 22.7 Å². The first-order chi connectivity index (χ1) is 17.4. The second kappa shape index (κ2) is 9.51. The molecule has 5 rings (SSSR count). The molecule has 0 saturated heterocycles. The van der Waals surface area contributed by atoms with Gasteiger partial charge >= 0.3 is 5.97 Å². The molecule has 0 aliphatic carbocycles. The molecular weight excluding hydrogens is 502 g/mol. The summed E-state index contributed by atoms with van der Waals surface area (Å²) >= 11 is 2.62. The van der Waals surface area contributed by atoms with E-state index in [1.54, 1.807) is 50.3 Å². The van der Waals surface area contributed by atoms with Crippen molar-refractivity contribution in [1.82, 2.24) is 4.57 Å². The lowest BCUT2D eigenvalue weighted by Gasteiger charge is -2.23. The van der Waals surface area contributed by atoms with E-state index in [0.29, 0.717) is 37.7 Å². The molecule has 182 valence electrons. The lowest BCUT2D eigenvalue weighted by Crippen LogP contribution is -2.39. The van der Waals surface area contributed by atoms with Crippen molar-refractivity contribution in [3.63, 3.8) is 0 Å². The number of para-hydroxylation sites is 1. The number of nitro groups is 1. The maximum Gasteiger partial charge on any atom is 0.338 e. The molecule has 9 nitrogen and oxygen atoms in total. The highest BCUT2D eigenvalue weighted by atomic mass is 32.1. The van der Waals surface area contributed by atoms with Gasteiger partial charge < -0.3 is 9.15 Å². The maximum atomic E-state index is 13.6. The molecule has 4 heterocycles. The predicted octanol–water partition coefficient (Wildman–Crippen LogP) is 4.03. The van der Waals surface area contributed by atoms with Crippen LogP contribution in [0.2, 0.25) is 0 Å². The van der Waals surface area contributed by atoms with E-state index in [1.165, 1.54) is 33.3 Å². The second-order valence-electron chi connectivity index (χ2n) is 7.79. The molecule has 3 aromatic heterocycles. The van der Waals surface area contributed by atoms with Crippen LogP contribution in [0.4, 0.5) is 5.69 Å². The van der Waals surface area contributed by atoms with E-state index in [9.17, 15) is 19.7 Å². The molecule has 1 atom stereocenters. The summed E-state index contributed by atoms with van der Waals surface area (Å²) in [6.45, 7) is 3.66. The first kappa shape index (κ1) is 23.6. The van der Waals surface area contributed by atoms with Crippen LogP contribution in [0.25, 0.3) is 17.4 Å². The van der Waals surface area contributed by atoms with Gasteiger partial charge in [-0.05, 0) is 43.5 Å². The predicted molar refractivity (Wildman–Crippen MR) is 136 cm³/mol. The monoisotopic (exact) mass is 521 g/mol. The zero-order valence-electron chi connectivity index (χ0n) is 19.2. The van der Waals surface area contributed by atoms with Gasteiger partial charge in [0.05, 0.1) is 32.9 Å². The number of thiazole rings is 1. The Hall–Kier alpha value is -4.09. The summed E-state index contributed by atoms with van der Waals surface area (Å²) in [5, 5.41) is 13.3. The van der Waals surface area contributed by atoms with Gasteiger partial charge in [0.25, 0.3) is 11.2 Å². The molecule has 0 amide bonds. The highest BCUT2D eigenvalue weighted by Crippen LogP contribution is 2.33. The molecule has 0 saturated carbocycles. The molecule has 0 fully saturated rings. The van der Waals surface area contributed by atoms with E-state index in [2.05, 4.69) is 4.99 Å². The number of ether oxygens (including phenoxy) is 1. The van der Waals surface area contributed by atoms with Crippen molar-refractivity contribution in [3.8, 4) is 11.3 Å². The number of carbonyl (C=O) groups is 1. The number of thiophene rings is 1. The van der Waals surface area contributed by atoms with Gasteiger partial charge in [-0.1, -0.05) is 29.5 Å². The Kier molecular flexibility index (Phi) is 6.25. The number of hydrogen-bond acceptors (Lipinski definition) is 9. The summed E-state index contributed by atoms with van der Waals surface area (Å²) in [6.07, 6.45) is 1.58. The number of esters is 1. The van der Waals surface area contributed by atoms with E-state index < -0.39 is 16.9 Å². The van der Waals surface area contributed by atoms with Crippen molar-refractivity contribution in [1.29, 1.82) is 0 Å². The molecule has 36 heavy (non-hydrogen) atoms. The molecule has 1 aromatic carbocycles. The van der Waals surface area contributed by atoms with Gasteiger partial charge in [0.15, 0.2) is 4.80 Å². The minimum absolute atomic E-state index is 0.0734. The number of rotatable bonds is 6. The van der Waals surface area contributed by atoms with Crippen LogP contribution in [0.5, 0.6) is 0 Å². The molecule has 0 radical (unpaired) electrons. The largest absolute Gasteiger partial charge is 0.463 e. The minimum Gasteiger partial charge on any atom is -0.463 e. The molecule has 4 aromatic rings. The Bertz CT molecular complexity index is 1690. The quantitative estimate of drug-likeness (QED) is 0.215. The van der Waals surface area contributed by atoms with Gasteiger partial charge in [0.1, 0.15) is 17.6 Å². The Morgan fingerprint density at radius 3 is 2.78 bits per heavy atom. The number of benzene rings is 1. The Morgan fingerprint density at radius 1 is 1.25 bits per heavy atom. The summed E-state index contributed by atoms with van der Waals surface area (Å²) in [7, 11) is 0. The van der Waals surface area contributed by atoms with Crippen molar-refractivity contribution in [2.75, 3.05) is 6.61 Å². The third-order valence-corrected chi connectivity index (χ3v) is 7.50. The first-order valence-corrected chi connectivity index (χ1v) is 12.7. The lowest BCUT2D eigenvalue weighted by atomic mass is 10.0. The van der Waals surface area contributed by atoms with Gasteiger partial charge in [-0.15, -0.1) is 11.3 Å². The zero-order chi connectivity index (χ0) is 25.4. The maximum absolute atomic E-state index is 13.6. The Balaban J connectivity index is 1.62. The van der Waals surface area contributed by atoms with Crippen LogP contribution in [-0.2, 0) is 9.53 Å². The van der Waals surface area contributed by atoms with Crippen LogP contribution in [0.15, 0.2) is 79.4 Å². The number of nitrogens with zero attached hydrogens (tertiary/aromatic N) is 3. The summed E-state index contributed by atoms with van der Waals surface area (Å²) < 4.78 is 13.0. The number of fused-ring (bicyclic) bond motifs is 1. The standard InChI is InChI=1S/C25H19N3O6S2/c1-3-33-24(30)21-14(2)26-25-27(22(21)19-9-6-12-35-19)23(29)20(36-25)13-15-10-11-18(34-15)16-7-4-5-8-17(16)28(31)32/h4-13,22H,3H2,1-2H3/b20-13-. The molecular formula is C25H19N3O6S2. The zero-order valence-corrected chi connectivity index (χ0v) is 20.8. The third kappa shape index (κ3) is 4.12. The fourth-order valence-electron chi connectivity index (χ4n) is 4.05. The first-order valence-electron chi connectivity index (χ1n) is 11.0. The summed E-state index contributed by atoms with van der Waals surface area (Å²) in [4.78, 5) is 43.1. The fourth-order valence-corrected chi connectivity index (χ4v) is 5.90. The van der Waals surface area contributed by atoms with Crippen LogP contribution in [0.1, 0.15) is 30.5 Å². The van der Waals surface area contributed by atoms with Gasteiger partial charge in [0, 0.05) is 17.0 Å². The highest BCUT2D eigenvalue weighted by molar-refractivity contribution is 7.10. The van der Waals surface area contributed by atoms with E-state index in [-0.39, 0.29) is 17.9 Å². The van der Waals surface area contributed by atoms with Gasteiger partial charge in [-0.3, -0.25) is 19.5 Å². The molecule has 11 heteroatoms. The van der Waals surface area contributed by atoms with Crippen molar-refractivity contribution >= 4 is 40.4 Å². The topological polar surface area (TPSA) is 117 Å². The average molecular weight is 522 g/mol. The van der Waals surface area contributed by atoms with E-state index in [1.807, 2.05) is 17.5 Å². The SMILES string of the molecule is CCOC(=O)C1=C(C)N=c2s/c(=C\c3ccc(-c4ccccc4[N+](=O)[O-])o3)c(=O)n2C1c1cccs1. The third-order valence-electron chi connectivity index (χ3n) is 5.60. The highest BCUT2D eigenvalue weighted by Gasteiger charge is 2.33. The van der Waals surface area contributed by atoms with Crippen molar-refractivity contribution in [2.24, 2.45) is 4.99 Å². The molecule has 0 bridgehead atoms. The lowest BCUT2D eigenvalue weighted by molar-refractivity contribution is -0.384. The van der Waals surface area contributed by atoms with Crippen molar-refractivity contribution in [3.05, 3.63) is 106 Å². The molecule has 1 aliphatic rings. The summed E-state index contributed by atoms with van der Waals surface area (Å²) in [5.74, 6) is 0.173. The Labute approximate surface area is 212 Å². The second-order valence-corrected chi connectivity index (χ2v) is 9.78. The van der Waals surface area contributed by atoms with E-state index in [0.717, 1.165) is 4.88 Å². The number of nitro benzene ring substituents is 1. The number of carbonyl (C=O) groups excluding carboxylic acids is 1. The van der Waals surface area contributed by atoms with Gasteiger partial charge in [-0.25, -0.2) is 9.79 Å².